The number of aryl methyl sites for hydroxylation is 1. The molecule has 0 radical (unpaired) electrons. The molecule has 0 aromatic heterocycles. The molecule has 2 aromatic rings. The first-order chi connectivity index (χ1) is 10.5. The molecular formula is C17H17FN2O2. The van der Waals surface area contributed by atoms with Crippen molar-refractivity contribution in [2.75, 3.05) is 11.4 Å². The van der Waals surface area contributed by atoms with Gasteiger partial charge in [-0.1, -0.05) is 18.2 Å². The molecule has 5 heteroatoms. The number of anilines is 1. The number of carbonyl (C=O) groups is 2. The fraction of sp³-hybridized carbons (Fsp3) is 0.176. The van der Waals surface area contributed by atoms with Gasteiger partial charge in [-0.25, -0.2) is 4.39 Å². The lowest BCUT2D eigenvalue weighted by atomic mass is 10.1. The molecule has 0 spiro atoms. The minimum Gasteiger partial charge on any atom is -0.370 e. The van der Waals surface area contributed by atoms with Crippen LogP contribution in [0, 0.1) is 12.7 Å². The van der Waals surface area contributed by atoms with Gasteiger partial charge in [-0.05, 0) is 42.8 Å². The molecule has 0 atom stereocenters. The lowest BCUT2D eigenvalue weighted by molar-refractivity contribution is -0.117. The lowest BCUT2D eigenvalue weighted by Gasteiger charge is -2.23. The molecule has 0 aliphatic rings. The summed E-state index contributed by atoms with van der Waals surface area (Å²) in [6.07, 6.45) is 0.0367. The van der Waals surface area contributed by atoms with Crippen LogP contribution in [-0.4, -0.2) is 18.4 Å². The van der Waals surface area contributed by atoms with Gasteiger partial charge in [0.2, 0.25) is 5.91 Å². The smallest absolute Gasteiger partial charge is 0.258 e. The monoisotopic (exact) mass is 300 g/mol. The Bertz CT molecular complexity index is 683. The molecule has 0 fully saturated rings. The molecule has 0 saturated carbocycles. The maximum atomic E-state index is 13.1. The Kier molecular flexibility index (Phi) is 4.88. The Hall–Kier alpha value is -2.69. The normalized spacial score (nSPS) is 10.3. The van der Waals surface area contributed by atoms with Gasteiger partial charge in [0.25, 0.3) is 5.91 Å². The zero-order chi connectivity index (χ0) is 16.1. The van der Waals surface area contributed by atoms with Gasteiger partial charge in [0, 0.05) is 24.2 Å². The standard InChI is InChI=1S/C17H17FN2O2/c1-12-4-2-3-5-15(12)17(22)20(11-10-16(19)21)14-8-6-13(18)7-9-14/h2-9H,10-11H2,1H3,(H2,19,21). The van der Waals surface area contributed by atoms with Crippen molar-refractivity contribution in [3.63, 3.8) is 0 Å². The van der Waals surface area contributed by atoms with Crippen LogP contribution >= 0.6 is 0 Å². The molecule has 0 unspecified atom stereocenters. The van der Waals surface area contributed by atoms with Gasteiger partial charge >= 0.3 is 0 Å². The molecule has 0 bridgehead atoms. The molecule has 2 amide bonds. The van der Waals surface area contributed by atoms with E-state index >= 15 is 0 Å². The molecule has 0 aliphatic carbocycles. The van der Waals surface area contributed by atoms with Crippen molar-refractivity contribution >= 4 is 17.5 Å². The summed E-state index contributed by atoms with van der Waals surface area (Å²) in [5.41, 5.74) is 7.07. The summed E-state index contributed by atoms with van der Waals surface area (Å²) in [7, 11) is 0. The SMILES string of the molecule is Cc1ccccc1C(=O)N(CCC(N)=O)c1ccc(F)cc1. The van der Waals surface area contributed by atoms with E-state index in [-0.39, 0.29) is 24.7 Å². The summed E-state index contributed by atoms with van der Waals surface area (Å²) in [6, 6.07) is 12.7. The molecule has 4 nitrogen and oxygen atoms in total. The zero-order valence-corrected chi connectivity index (χ0v) is 12.3. The molecule has 2 N–H and O–H groups in total. The summed E-state index contributed by atoms with van der Waals surface area (Å²) < 4.78 is 13.1. The van der Waals surface area contributed by atoms with Gasteiger partial charge in [0.1, 0.15) is 5.82 Å². The van der Waals surface area contributed by atoms with E-state index in [1.807, 2.05) is 19.1 Å². The van der Waals surface area contributed by atoms with Gasteiger partial charge in [0.15, 0.2) is 0 Å². The topological polar surface area (TPSA) is 63.4 Å². The van der Waals surface area contributed by atoms with Crippen molar-refractivity contribution < 1.29 is 14.0 Å². The second-order valence-electron chi connectivity index (χ2n) is 4.96. The van der Waals surface area contributed by atoms with Crippen molar-refractivity contribution in [2.24, 2.45) is 5.73 Å². The molecule has 22 heavy (non-hydrogen) atoms. The van der Waals surface area contributed by atoms with E-state index in [2.05, 4.69) is 0 Å². The van der Waals surface area contributed by atoms with Gasteiger partial charge in [-0.3, -0.25) is 9.59 Å². The van der Waals surface area contributed by atoms with Crippen molar-refractivity contribution in [1.82, 2.24) is 0 Å². The van der Waals surface area contributed by atoms with Crippen LogP contribution in [0.15, 0.2) is 48.5 Å². The number of halogens is 1. The van der Waals surface area contributed by atoms with Crippen LogP contribution in [0.25, 0.3) is 0 Å². The summed E-state index contributed by atoms with van der Waals surface area (Å²) in [5.74, 6) is -1.13. The highest BCUT2D eigenvalue weighted by atomic mass is 19.1. The molecule has 114 valence electrons. The number of nitrogens with zero attached hydrogens (tertiary/aromatic N) is 1. The molecule has 0 heterocycles. The van der Waals surface area contributed by atoms with Crippen LogP contribution in [0.4, 0.5) is 10.1 Å². The largest absolute Gasteiger partial charge is 0.370 e. The van der Waals surface area contributed by atoms with Gasteiger partial charge < -0.3 is 10.6 Å². The quantitative estimate of drug-likeness (QED) is 0.922. The summed E-state index contributed by atoms with van der Waals surface area (Å²) in [6.45, 7) is 1.98. The zero-order valence-electron chi connectivity index (χ0n) is 12.3. The Morgan fingerprint density at radius 2 is 1.73 bits per heavy atom. The van der Waals surface area contributed by atoms with E-state index in [1.54, 1.807) is 12.1 Å². The highest BCUT2D eigenvalue weighted by Gasteiger charge is 2.19. The Morgan fingerprint density at radius 1 is 1.09 bits per heavy atom. The number of primary amides is 1. The number of hydrogen-bond acceptors (Lipinski definition) is 2. The minimum absolute atomic E-state index is 0.0367. The van der Waals surface area contributed by atoms with Crippen molar-refractivity contribution in [3.8, 4) is 0 Å². The molecular weight excluding hydrogens is 283 g/mol. The minimum atomic E-state index is -0.496. The Morgan fingerprint density at radius 3 is 2.32 bits per heavy atom. The van der Waals surface area contributed by atoms with Crippen molar-refractivity contribution in [1.29, 1.82) is 0 Å². The van der Waals surface area contributed by atoms with E-state index in [1.165, 1.54) is 29.2 Å². The van der Waals surface area contributed by atoms with Crippen LogP contribution in [-0.2, 0) is 4.79 Å². The third kappa shape index (κ3) is 3.69. The fourth-order valence-corrected chi connectivity index (χ4v) is 2.15. The number of hydrogen-bond donors (Lipinski definition) is 1. The Labute approximate surface area is 128 Å². The number of benzene rings is 2. The molecule has 2 rings (SSSR count). The second kappa shape index (κ2) is 6.85. The second-order valence-corrected chi connectivity index (χ2v) is 4.96. The lowest BCUT2D eigenvalue weighted by Crippen LogP contribution is -2.34. The van der Waals surface area contributed by atoms with Crippen LogP contribution < -0.4 is 10.6 Å². The average Bonchev–Trinajstić information content (AvgIpc) is 2.49. The van der Waals surface area contributed by atoms with Crippen LogP contribution in [0.5, 0.6) is 0 Å². The third-order valence-electron chi connectivity index (χ3n) is 3.34. The van der Waals surface area contributed by atoms with Crippen LogP contribution in [0.1, 0.15) is 22.3 Å². The highest BCUT2D eigenvalue weighted by molar-refractivity contribution is 6.07. The van der Waals surface area contributed by atoms with Crippen LogP contribution in [0.2, 0.25) is 0 Å². The first kappa shape index (κ1) is 15.7. The summed E-state index contributed by atoms with van der Waals surface area (Å²) in [5, 5.41) is 0. The average molecular weight is 300 g/mol. The van der Waals surface area contributed by atoms with Gasteiger partial charge in [0.05, 0.1) is 0 Å². The van der Waals surface area contributed by atoms with Gasteiger partial charge in [-0.15, -0.1) is 0 Å². The van der Waals surface area contributed by atoms with E-state index in [0.717, 1.165) is 5.56 Å². The maximum Gasteiger partial charge on any atom is 0.258 e. The number of amides is 2. The van der Waals surface area contributed by atoms with Crippen molar-refractivity contribution in [3.05, 3.63) is 65.5 Å². The first-order valence-electron chi connectivity index (χ1n) is 6.90. The number of rotatable bonds is 5. The maximum absolute atomic E-state index is 13.1. The fourth-order valence-electron chi connectivity index (χ4n) is 2.15. The Balaban J connectivity index is 2.35. The van der Waals surface area contributed by atoms with E-state index in [9.17, 15) is 14.0 Å². The highest BCUT2D eigenvalue weighted by Crippen LogP contribution is 2.20. The predicted molar refractivity (Wildman–Crippen MR) is 83.1 cm³/mol. The number of carbonyl (C=O) groups excluding carboxylic acids is 2. The first-order valence-corrected chi connectivity index (χ1v) is 6.90. The van der Waals surface area contributed by atoms with E-state index < -0.39 is 5.91 Å². The van der Waals surface area contributed by atoms with Crippen LogP contribution in [0.3, 0.4) is 0 Å². The number of nitrogens with two attached hydrogens (primary N) is 1. The van der Waals surface area contributed by atoms with Crippen molar-refractivity contribution in [2.45, 2.75) is 13.3 Å². The molecule has 2 aromatic carbocycles. The van der Waals surface area contributed by atoms with Gasteiger partial charge in [-0.2, -0.15) is 0 Å². The molecule has 0 aliphatic heterocycles. The third-order valence-corrected chi connectivity index (χ3v) is 3.34. The van der Waals surface area contributed by atoms with E-state index in [4.69, 9.17) is 5.73 Å². The molecule has 0 saturated heterocycles. The summed E-state index contributed by atoms with van der Waals surface area (Å²) >= 11 is 0. The van der Waals surface area contributed by atoms with E-state index in [0.29, 0.717) is 11.3 Å². The predicted octanol–water partition coefficient (Wildman–Crippen LogP) is 2.66. The summed E-state index contributed by atoms with van der Waals surface area (Å²) in [4.78, 5) is 25.2.